The number of nitrogens with one attached hydrogen (secondary N) is 1. The van der Waals surface area contributed by atoms with E-state index in [1.807, 2.05) is 51.2 Å². The second-order valence-electron chi connectivity index (χ2n) is 7.94. The van der Waals surface area contributed by atoms with Crippen LogP contribution in [0.4, 0.5) is 5.69 Å². The Balaban J connectivity index is 0.000000323. The molecule has 1 aliphatic rings. The van der Waals surface area contributed by atoms with Crippen LogP contribution in [0.3, 0.4) is 0 Å². The van der Waals surface area contributed by atoms with Gasteiger partial charge in [0.05, 0.1) is 11.1 Å². The van der Waals surface area contributed by atoms with Gasteiger partial charge < -0.3 is 24.4 Å². The molecule has 0 radical (unpaired) electrons. The van der Waals surface area contributed by atoms with Gasteiger partial charge in [0.2, 0.25) is 5.82 Å². The second-order valence-corrected chi connectivity index (χ2v) is 10.6. The maximum Gasteiger partial charge on any atom is 0.258 e. The van der Waals surface area contributed by atoms with Crippen LogP contribution in [0.1, 0.15) is 39.5 Å². The first-order valence-corrected chi connectivity index (χ1v) is 13.2. The van der Waals surface area contributed by atoms with Crippen LogP contribution in [-0.2, 0) is 0 Å². The van der Waals surface area contributed by atoms with Crippen molar-refractivity contribution < 1.29 is 19.0 Å². The first-order chi connectivity index (χ1) is 15.8. The van der Waals surface area contributed by atoms with E-state index in [9.17, 15) is 0 Å². The van der Waals surface area contributed by atoms with Gasteiger partial charge in [-0.2, -0.15) is 4.98 Å². The zero-order chi connectivity index (χ0) is 24.0. The third kappa shape index (κ3) is 7.14. The van der Waals surface area contributed by atoms with Crippen LogP contribution in [-0.4, -0.2) is 38.7 Å². The molecule has 0 amide bonds. The largest absolute Gasteiger partial charge is 0.489 e. The Morgan fingerprint density at radius 1 is 1.15 bits per heavy atom. The van der Waals surface area contributed by atoms with Crippen LogP contribution in [0.15, 0.2) is 45.4 Å². The van der Waals surface area contributed by atoms with E-state index < -0.39 is 8.38 Å². The summed E-state index contributed by atoms with van der Waals surface area (Å²) in [4.78, 5) is 21.8. The maximum atomic E-state index is 8.67. The van der Waals surface area contributed by atoms with Gasteiger partial charge >= 0.3 is 0 Å². The molecule has 4 rings (SSSR count). The number of nitrogens with zero attached hydrogens (tertiary/aromatic N) is 2. The molecule has 1 saturated carbocycles. The summed E-state index contributed by atoms with van der Waals surface area (Å²) >= 11 is 9.79. The van der Waals surface area contributed by atoms with Crippen molar-refractivity contribution in [1.82, 2.24) is 10.1 Å². The number of rotatable bonds is 6. The number of anilines is 1. The van der Waals surface area contributed by atoms with Crippen LogP contribution in [0.2, 0.25) is 5.02 Å². The summed E-state index contributed by atoms with van der Waals surface area (Å²) < 4.78 is 12.0. The molecule has 0 bridgehead atoms. The predicted molar refractivity (Wildman–Crippen MR) is 137 cm³/mol. The minimum absolute atomic E-state index is 0.0548. The standard InChI is InChI=1S/C18H17BrClN3O2.C5H11O2P/c1-10(2)24-16-7-5-11(9-14(16)20)17-22-18(25-23-17)12-4-6-15(21-3)13(19)8-12;6-8(7)5-3-1-2-4-5/h4-10,21H,1-3H3;5-7H,1-4H2. The fraction of sp³-hybridized carbons (Fsp3) is 0.391. The first-order valence-electron chi connectivity index (χ1n) is 10.7. The molecule has 3 aromatic rings. The average Bonchev–Trinajstić information content (AvgIpc) is 3.48. The minimum atomic E-state index is -1.60. The van der Waals surface area contributed by atoms with Crippen molar-refractivity contribution >= 4 is 41.6 Å². The van der Waals surface area contributed by atoms with Crippen LogP contribution >= 0.6 is 35.9 Å². The van der Waals surface area contributed by atoms with E-state index in [-0.39, 0.29) is 11.8 Å². The molecular formula is C23H28BrClN3O4P. The van der Waals surface area contributed by atoms with Crippen molar-refractivity contribution in [2.24, 2.45) is 0 Å². The quantitative estimate of drug-likeness (QED) is 0.285. The van der Waals surface area contributed by atoms with Gasteiger partial charge in [-0.15, -0.1) is 0 Å². The highest BCUT2D eigenvalue weighted by molar-refractivity contribution is 9.10. The van der Waals surface area contributed by atoms with E-state index >= 15 is 0 Å². The molecule has 178 valence electrons. The van der Waals surface area contributed by atoms with E-state index in [2.05, 4.69) is 31.4 Å². The summed E-state index contributed by atoms with van der Waals surface area (Å²) in [6.45, 7) is 3.90. The molecule has 33 heavy (non-hydrogen) atoms. The summed E-state index contributed by atoms with van der Waals surface area (Å²) in [5, 5.41) is 7.65. The summed E-state index contributed by atoms with van der Waals surface area (Å²) in [5.41, 5.74) is 2.82. The van der Waals surface area contributed by atoms with Crippen LogP contribution in [0.5, 0.6) is 5.75 Å². The fourth-order valence-corrected chi connectivity index (χ4v) is 5.06. The van der Waals surface area contributed by atoms with E-state index in [0.29, 0.717) is 22.5 Å². The minimum Gasteiger partial charge on any atom is -0.489 e. The molecule has 1 heterocycles. The Hall–Kier alpha value is -1.70. The summed E-state index contributed by atoms with van der Waals surface area (Å²) in [7, 11) is 0.260. The lowest BCUT2D eigenvalue weighted by Crippen LogP contribution is -2.05. The third-order valence-corrected chi connectivity index (χ3v) is 7.24. The van der Waals surface area contributed by atoms with Crippen molar-refractivity contribution in [3.05, 3.63) is 45.9 Å². The van der Waals surface area contributed by atoms with Gasteiger partial charge in [-0.1, -0.05) is 29.6 Å². The molecule has 0 aliphatic heterocycles. The molecule has 0 unspecified atom stereocenters. The van der Waals surface area contributed by atoms with Gasteiger partial charge in [0.1, 0.15) is 5.75 Å². The lowest BCUT2D eigenvalue weighted by atomic mass is 10.2. The molecular weight excluding hydrogens is 529 g/mol. The Labute approximate surface area is 208 Å². The Morgan fingerprint density at radius 3 is 2.39 bits per heavy atom. The number of halogens is 2. The van der Waals surface area contributed by atoms with Crippen molar-refractivity contribution in [1.29, 1.82) is 0 Å². The zero-order valence-electron chi connectivity index (χ0n) is 18.8. The van der Waals surface area contributed by atoms with Crippen LogP contribution in [0.25, 0.3) is 22.8 Å². The monoisotopic (exact) mass is 555 g/mol. The molecule has 0 atom stereocenters. The molecule has 1 aromatic heterocycles. The number of aromatic nitrogens is 2. The molecule has 2 aromatic carbocycles. The fourth-order valence-electron chi connectivity index (χ4n) is 3.43. The number of hydrogen-bond donors (Lipinski definition) is 3. The summed E-state index contributed by atoms with van der Waals surface area (Å²) in [5.74, 6) is 1.55. The van der Waals surface area contributed by atoms with Gasteiger partial charge in [0.25, 0.3) is 5.89 Å². The summed E-state index contributed by atoms with van der Waals surface area (Å²) in [6, 6.07) is 11.2. The number of hydrogen-bond acceptors (Lipinski definition) is 7. The molecule has 0 spiro atoms. The Bertz CT molecular complexity index is 1060. The second kappa shape index (κ2) is 12.1. The Kier molecular flexibility index (Phi) is 9.53. The number of ether oxygens (including phenoxy) is 1. The summed E-state index contributed by atoms with van der Waals surface area (Å²) in [6.07, 6.45) is 4.48. The lowest BCUT2D eigenvalue weighted by molar-refractivity contribution is 0.242. The van der Waals surface area contributed by atoms with E-state index in [4.69, 9.17) is 30.6 Å². The highest BCUT2D eigenvalue weighted by Crippen LogP contribution is 2.41. The topological polar surface area (TPSA) is 101 Å². The average molecular weight is 557 g/mol. The highest BCUT2D eigenvalue weighted by atomic mass is 79.9. The molecule has 1 aliphatic carbocycles. The van der Waals surface area contributed by atoms with Crippen molar-refractivity contribution in [2.45, 2.75) is 51.3 Å². The van der Waals surface area contributed by atoms with Crippen LogP contribution in [0, 0.1) is 0 Å². The third-order valence-electron chi connectivity index (χ3n) is 5.12. The Morgan fingerprint density at radius 2 is 1.85 bits per heavy atom. The van der Waals surface area contributed by atoms with Gasteiger partial charge in [0.15, 0.2) is 8.38 Å². The van der Waals surface area contributed by atoms with Crippen molar-refractivity contribution in [3.63, 3.8) is 0 Å². The molecule has 10 heteroatoms. The van der Waals surface area contributed by atoms with Crippen molar-refractivity contribution in [2.75, 3.05) is 12.4 Å². The highest BCUT2D eigenvalue weighted by Gasteiger charge is 2.21. The van der Waals surface area contributed by atoms with E-state index in [0.717, 1.165) is 34.1 Å². The predicted octanol–water partition coefficient (Wildman–Crippen LogP) is 6.87. The smallest absolute Gasteiger partial charge is 0.258 e. The first kappa shape index (κ1) is 25.9. The molecule has 3 N–H and O–H groups in total. The molecule has 1 fully saturated rings. The van der Waals surface area contributed by atoms with Crippen LogP contribution < -0.4 is 10.1 Å². The van der Waals surface area contributed by atoms with E-state index in [1.165, 1.54) is 12.8 Å². The number of benzene rings is 2. The SMILES string of the molecule is CNc1ccc(-c2nc(-c3ccc(OC(C)C)c(Cl)c3)no2)cc1Br.OP(O)C1CCCC1. The molecule has 0 saturated heterocycles. The van der Waals surface area contributed by atoms with Gasteiger partial charge in [0, 0.05) is 34.0 Å². The maximum absolute atomic E-state index is 8.67. The van der Waals surface area contributed by atoms with Gasteiger partial charge in [-0.3, -0.25) is 0 Å². The van der Waals surface area contributed by atoms with Crippen molar-refractivity contribution in [3.8, 4) is 28.6 Å². The normalized spacial score (nSPS) is 13.8. The van der Waals surface area contributed by atoms with Gasteiger partial charge in [-0.25, -0.2) is 0 Å². The molecule has 7 nitrogen and oxygen atoms in total. The zero-order valence-corrected chi connectivity index (χ0v) is 22.0. The lowest BCUT2D eigenvalue weighted by Gasteiger charge is -2.11. The van der Waals surface area contributed by atoms with E-state index in [1.54, 1.807) is 6.07 Å². The van der Waals surface area contributed by atoms with Gasteiger partial charge in [-0.05, 0) is 79.0 Å².